The summed E-state index contributed by atoms with van der Waals surface area (Å²) in [6.07, 6.45) is 4.98. The van der Waals surface area contributed by atoms with Crippen LogP contribution in [0.3, 0.4) is 0 Å². The molecule has 0 aliphatic heterocycles. The van der Waals surface area contributed by atoms with Crippen molar-refractivity contribution in [1.82, 2.24) is 0 Å². The summed E-state index contributed by atoms with van der Waals surface area (Å²) in [7, 11) is 0.500. The Morgan fingerprint density at radius 3 is 1.88 bits per heavy atom. The van der Waals surface area contributed by atoms with Gasteiger partial charge >= 0.3 is 0 Å². The number of halogens is 2. The average Bonchev–Trinajstić information content (AvgIpc) is 2.28. The minimum absolute atomic E-state index is 0.256. The van der Waals surface area contributed by atoms with Gasteiger partial charge in [-0.05, 0) is 31.1 Å². The van der Waals surface area contributed by atoms with Crippen LogP contribution in [-0.4, -0.2) is 13.3 Å². The molecule has 0 heterocycles. The van der Waals surface area contributed by atoms with Crippen LogP contribution >= 0.6 is 0 Å². The molecule has 0 amide bonds. The van der Waals surface area contributed by atoms with E-state index in [1.165, 1.54) is 19.3 Å². The third kappa shape index (κ3) is 7.19. The van der Waals surface area contributed by atoms with Crippen LogP contribution in [0.15, 0.2) is 0 Å². The van der Waals surface area contributed by atoms with E-state index in [-0.39, 0.29) is 5.92 Å². The zero-order valence-electron chi connectivity index (χ0n) is 11.9. The lowest BCUT2D eigenvalue weighted by Crippen LogP contribution is -2.24. The molecule has 0 N–H and O–H groups in total. The van der Waals surface area contributed by atoms with Gasteiger partial charge in [0.1, 0.15) is 6.17 Å². The van der Waals surface area contributed by atoms with Gasteiger partial charge in [0.2, 0.25) is 0 Å². The van der Waals surface area contributed by atoms with E-state index in [1.54, 1.807) is 6.92 Å². The van der Waals surface area contributed by atoms with E-state index < -0.39 is 6.17 Å². The Labute approximate surface area is 101 Å². The third-order valence-electron chi connectivity index (χ3n) is 3.64. The van der Waals surface area contributed by atoms with Crippen molar-refractivity contribution in [3.8, 4) is 0 Å². The lowest BCUT2D eigenvalue weighted by molar-refractivity contribution is 0.143. The monoisotopic (exact) mass is 236 g/mol. The van der Waals surface area contributed by atoms with Gasteiger partial charge in [-0.3, -0.25) is 4.39 Å². The van der Waals surface area contributed by atoms with Crippen molar-refractivity contribution >= 4 is 0 Å². The van der Waals surface area contributed by atoms with Crippen LogP contribution in [0, 0.1) is 11.3 Å². The molecule has 0 nitrogen and oxygen atoms in total. The van der Waals surface area contributed by atoms with Crippen LogP contribution in [0.5, 0.6) is 0 Å². The van der Waals surface area contributed by atoms with Gasteiger partial charge in [-0.15, -0.1) is 0 Å². The smallest absolute Gasteiger partial charge is 0.100 e. The minimum atomic E-state index is -0.650. The second kappa shape index (κ2) is 10.0. The Balaban J connectivity index is 0. The highest BCUT2D eigenvalue weighted by atomic mass is 19.1. The maximum atomic E-state index is 13.3. The van der Waals surface area contributed by atoms with Crippen molar-refractivity contribution < 1.29 is 8.78 Å². The first-order valence-corrected chi connectivity index (χ1v) is 6.51. The van der Waals surface area contributed by atoms with Gasteiger partial charge in [0.05, 0.1) is 7.18 Å². The highest BCUT2D eigenvalue weighted by Crippen LogP contribution is 2.37. The SMILES string of the molecule is CCCC(C)(CC)CC(CC)C(C)F.CF. The first-order valence-electron chi connectivity index (χ1n) is 6.51. The largest absolute Gasteiger partial charge is 0.255 e. The van der Waals surface area contributed by atoms with E-state index in [1.807, 2.05) is 0 Å². The van der Waals surface area contributed by atoms with Crippen LogP contribution in [0.2, 0.25) is 0 Å². The number of hydrogen-bond donors (Lipinski definition) is 0. The van der Waals surface area contributed by atoms with Crippen molar-refractivity contribution in [2.24, 2.45) is 11.3 Å². The molecular formula is C14H30F2. The molecular weight excluding hydrogens is 206 g/mol. The van der Waals surface area contributed by atoms with Gasteiger partial charge in [0.25, 0.3) is 0 Å². The molecule has 0 fully saturated rings. The van der Waals surface area contributed by atoms with Crippen molar-refractivity contribution in [1.29, 1.82) is 0 Å². The quantitative estimate of drug-likeness (QED) is 0.542. The van der Waals surface area contributed by atoms with Crippen LogP contribution in [0.25, 0.3) is 0 Å². The molecule has 0 aromatic heterocycles. The van der Waals surface area contributed by atoms with E-state index in [2.05, 4.69) is 27.7 Å². The average molecular weight is 236 g/mol. The molecule has 0 aliphatic rings. The number of hydrogen-bond acceptors (Lipinski definition) is 0. The summed E-state index contributed by atoms with van der Waals surface area (Å²) in [5, 5.41) is 0. The zero-order valence-corrected chi connectivity index (χ0v) is 11.9. The fourth-order valence-corrected chi connectivity index (χ4v) is 2.29. The second-order valence-electron chi connectivity index (χ2n) is 4.96. The normalized spacial score (nSPS) is 18.0. The molecule has 0 spiro atoms. The fraction of sp³-hybridized carbons (Fsp3) is 1.00. The van der Waals surface area contributed by atoms with Gasteiger partial charge in [-0.1, -0.05) is 47.0 Å². The molecule has 100 valence electrons. The van der Waals surface area contributed by atoms with Gasteiger partial charge in [-0.25, -0.2) is 4.39 Å². The Kier molecular flexibility index (Phi) is 11.4. The van der Waals surface area contributed by atoms with Crippen LogP contribution < -0.4 is 0 Å². The summed E-state index contributed by atoms with van der Waals surface area (Å²) in [5.74, 6) is 0.256. The number of alkyl halides is 2. The Bertz CT molecular complexity index is 146. The van der Waals surface area contributed by atoms with Crippen LogP contribution in [-0.2, 0) is 0 Å². The standard InChI is InChI=1S/C13H27F.CH3F/c1-6-9-13(5,8-3)10-12(7-2)11(4)14;1-2/h11-12H,6-10H2,1-5H3;1H3. The van der Waals surface area contributed by atoms with E-state index in [4.69, 9.17) is 0 Å². The Hall–Kier alpha value is -0.140. The van der Waals surface area contributed by atoms with Gasteiger partial charge in [0, 0.05) is 0 Å². The third-order valence-corrected chi connectivity index (χ3v) is 3.64. The van der Waals surface area contributed by atoms with E-state index in [9.17, 15) is 8.78 Å². The van der Waals surface area contributed by atoms with Crippen molar-refractivity contribution in [3.63, 3.8) is 0 Å². The van der Waals surface area contributed by atoms with Crippen LogP contribution in [0.1, 0.15) is 66.7 Å². The lowest BCUT2D eigenvalue weighted by atomic mass is 9.74. The first kappa shape index (κ1) is 18.2. The molecule has 0 aliphatic carbocycles. The summed E-state index contributed by atoms with van der Waals surface area (Å²) < 4.78 is 22.8. The van der Waals surface area contributed by atoms with Crippen molar-refractivity contribution in [3.05, 3.63) is 0 Å². The van der Waals surface area contributed by atoms with E-state index >= 15 is 0 Å². The lowest BCUT2D eigenvalue weighted by Gasteiger charge is -2.32. The molecule has 0 bridgehead atoms. The van der Waals surface area contributed by atoms with E-state index in [0.717, 1.165) is 12.8 Å². The molecule has 0 aromatic rings. The van der Waals surface area contributed by atoms with E-state index in [0.29, 0.717) is 12.6 Å². The maximum absolute atomic E-state index is 13.3. The molecule has 0 radical (unpaired) electrons. The van der Waals surface area contributed by atoms with Crippen molar-refractivity contribution in [2.45, 2.75) is 72.9 Å². The van der Waals surface area contributed by atoms with Crippen molar-refractivity contribution in [2.75, 3.05) is 7.18 Å². The molecule has 2 heteroatoms. The second-order valence-corrected chi connectivity index (χ2v) is 4.96. The van der Waals surface area contributed by atoms with Gasteiger partial charge in [0.15, 0.2) is 0 Å². The predicted molar refractivity (Wildman–Crippen MR) is 69.3 cm³/mol. The highest BCUT2D eigenvalue weighted by molar-refractivity contribution is 4.78. The molecule has 16 heavy (non-hydrogen) atoms. The van der Waals surface area contributed by atoms with Gasteiger partial charge in [-0.2, -0.15) is 0 Å². The molecule has 3 unspecified atom stereocenters. The summed E-state index contributed by atoms with van der Waals surface area (Å²) in [4.78, 5) is 0. The highest BCUT2D eigenvalue weighted by Gasteiger charge is 2.27. The van der Waals surface area contributed by atoms with Gasteiger partial charge < -0.3 is 0 Å². The molecule has 0 rings (SSSR count). The number of rotatable bonds is 7. The predicted octanol–water partition coefficient (Wildman–Crippen LogP) is 5.56. The summed E-state index contributed by atoms with van der Waals surface area (Å²) in [6.45, 7) is 10.6. The molecule has 0 aromatic carbocycles. The first-order chi connectivity index (χ1) is 7.49. The maximum Gasteiger partial charge on any atom is 0.100 e. The molecule has 3 atom stereocenters. The minimum Gasteiger partial charge on any atom is -0.255 e. The summed E-state index contributed by atoms with van der Waals surface area (Å²) in [6, 6.07) is 0. The topological polar surface area (TPSA) is 0 Å². The molecule has 0 saturated carbocycles. The summed E-state index contributed by atoms with van der Waals surface area (Å²) >= 11 is 0. The zero-order chi connectivity index (χ0) is 13.2. The Morgan fingerprint density at radius 2 is 1.62 bits per heavy atom. The summed E-state index contributed by atoms with van der Waals surface area (Å²) in [5.41, 5.74) is 0.357. The Morgan fingerprint density at radius 1 is 1.12 bits per heavy atom. The fourth-order valence-electron chi connectivity index (χ4n) is 2.29. The molecule has 0 saturated heterocycles. The van der Waals surface area contributed by atoms with Crippen LogP contribution in [0.4, 0.5) is 8.78 Å².